The van der Waals surface area contributed by atoms with Gasteiger partial charge in [0.2, 0.25) is 6.10 Å². The highest BCUT2D eigenvalue weighted by molar-refractivity contribution is 6.30. The van der Waals surface area contributed by atoms with Crippen LogP contribution in [0, 0.1) is 13.8 Å². The fourth-order valence-corrected chi connectivity index (χ4v) is 3.96. The van der Waals surface area contributed by atoms with E-state index in [2.05, 4.69) is 5.32 Å². The Kier molecular flexibility index (Phi) is 6.97. The monoisotopic (exact) mass is 498 g/mol. The molecule has 0 radical (unpaired) electrons. The number of aromatic nitrogens is 1. The van der Waals surface area contributed by atoms with Crippen molar-refractivity contribution in [2.24, 2.45) is 0 Å². The first kappa shape index (κ1) is 24.2. The molecule has 1 aromatic heterocycles. The molecule has 0 saturated heterocycles. The van der Waals surface area contributed by atoms with Crippen LogP contribution in [0.3, 0.4) is 0 Å². The predicted molar refractivity (Wildman–Crippen MR) is 127 cm³/mol. The predicted octanol–water partition coefficient (Wildman–Crippen LogP) is 3.40. The smallest absolute Gasteiger partial charge is 0.340 e. The summed E-state index contributed by atoms with van der Waals surface area (Å²) in [6, 6.07) is 13.7. The fourth-order valence-electron chi connectivity index (χ4n) is 3.79. The highest BCUT2D eigenvalue weighted by Crippen LogP contribution is 2.32. The Morgan fingerprint density at radius 3 is 2.60 bits per heavy atom. The number of amides is 2. The van der Waals surface area contributed by atoms with E-state index >= 15 is 0 Å². The number of hydrogen-bond donors (Lipinski definition) is 1. The third kappa shape index (κ3) is 5.09. The van der Waals surface area contributed by atoms with Crippen LogP contribution in [0.15, 0.2) is 48.5 Å². The van der Waals surface area contributed by atoms with Gasteiger partial charge in [-0.2, -0.15) is 0 Å². The molecule has 1 aliphatic rings. The first-order valence-electron chi connectivity index (χ1n) is 10.7. The first-order chi connectivity index (χ1) is 16.8. The van der Waals surface area contributed by atoms with E-state index in [0.717, 1.165) is 5.69 Å². The number of fused-ring (bicyclic) bond motifs is 1. The topological polar surface area (TPSA) is 105 Å². The van der Waals surface area contributed by atoms with E-state index in [1.165, 1.54) is 0 Å². The summed E-state index contributed by atoms with van der Waals surface area (Å²) in [6.45, 7) is 2.87. The lowest BCUT2D eigenvalue weighted by atomic mass is 10.2. The van der Waals surface area contributed by atoms with Crippen LogP contribution in [-0.4, -0.2) is 48.8 Å². The van der Waals surface area contributed by atoms with Crippen LogP contribution in [0.2, 0.25) is 5.02 Å². The van der Waals surface area contributed by atoms with Crippen LogP contribution in [0.4, 0.5) is 0 Å². The summed E-state index contributed by atoms with van der Waals surface area (Å²) in [5.41, 5.74) is 2.25. The van der Waals surface area contributed by atoms with Gasteiger partial charge in [-0.15, -0.1) is 0 Å². The molecule has 0 bridgehead atoms. The lowest BCUT2D eigenvalue weighted by molar-refractivity contribution is -0.137. The van der Waals surface area contributed by atoms with Crippen LogP contribution >= 0.6 is 11.6 Å². The Morgan fingerprint density at radius 1 is 1.11 bits per heavy atom. The molecule has 0 unspecified atom stereocenters. The molecule has 3 aromatic rings. The number of imide groups is 1. The molecule has 0 spiro atoms. The minimum atomic E-state index is -1.00. The minimum absolute atomic E-state index is 0.0468. The molecule has 9 nitrogen and oxygen atoms in total. The number of para-hydroxylation sites is 2. The number of nitrogens with zero attached hydrogens (tertiary/aromatic N) is 1. The maximum Gasteiger partial charge on any atom is 0.340 e. The maximum absolute atomic E-state index is 12.7. The van der Waals surface area contributed by atoms with Crippen LogP contribution < -0.4 is 19.5 Å². The van der Waals surface area contributed by atoms with Gasteiger partial charge in [0.1, 0.15) is 12.4 Å². The Bertz CT molecular complexity index is 1300. The molecule has 2 amide bonds. The van der Waals surface area contributed by atoms with Crippen molar-refractivity contribution < 1.29 is 33.3 Å². The number of halogens is 1. The second kappa shape index (κ2) is 10.1. The van der Waals surface area contributed by atoms with Crippen LogP contribution in [0.25, 0.3) is 5.69 Å². The number of carbonyl (C=O) groups excluding carboxylic acids is 3. The van der Waals surface area contributed by atoms with Crippen molar-refractivity contribution in [2.45, 2.75) is 20.0 Å². The lowest BCUT2D eigenvalue weighted by Gasteiger charge is -2.25. The van der Waals surface area contributed by atoms with E-state index in [9.17, 15) is 14.4 Å². The van der Waals surface area contributed by atoms with Crippen LogP contribution in [-0.2, 0) is 14.3 Å². The van der Waals surface area contributed by atoms with Crippen LogP contribution in [0.1, 0.15) is 21.7 Å². The summed E-state index contributed by atoms with van der Waals surface area (Å²) in [6.07, 6.45) is -1.00. The van der Waals surface area contributed by atoms with Crippen molar-refractivity contribution in [1.29, 1.82) is 0 Å². The van der Waals surface area contributed by atoms with Crippen LogP contribution in [0.5, 0.6) is 17.2 Å². The third-order valence-electron chi connectivity index (χ3n) is 5.43. The molecule has 1 aliphatic heterocycles. The second-order valence-electron chi connectivity index (χ2n) is 7.79. The summed E-state index contributed by atoms with van der Waals surface area (Å²) in [5, 5.41) is 2.68. The van der Waals surface area contributed by atoms with Gasteiger partial charge in [-0.05, 0) is 50.2 Å². The molecule has 182 valence electrons. The van der Waals surface area contributed by atoms with E-state index in [0.29, 0.717) is 33.7 Å². The Morgan fingerprint density at radius 2 is 1.86 bits per heavy atom. The van der Waals surface area contributed by atoms with Crippen molar-refractivity contribution in [1.82, 2.24) is 9.88 Å². The number of ether oxygens (including phenoxy) is 4. The van der Waals surface area contributed by atoms with Gasteiger partial charge in [-0.1, -0.05) is 23.7 Å². The van der Waals surface area contributed by atoms with E-state index < -0.39 is 30.5 Å². The molecular formula is C25H23ClN2O7. The van der Waals surface area contributed by atoms with Gasteiger partial charge in [-0.3, -0.25) is 14.9 Å². The molecule has 0 saturated carbocycles. The molecule has 10 heteroatoms. The van der Waals surface area contributed by atoms with Gasteiger partial charge in [-0.25, -0.2) is 4.79 Å². The molecule has 2 heterocycles. The maximum atomic E-state index is 12.7. The van der Waals surface area contributed by atoms with E-state index in [1.807, 2.05) is 11.5 Å². The summed E-state index contributed by atoms with van der Waals surface area (Å²) in [5.74, 6) is -0.679. The SMILES string of the molecule is COc1ccc(Cl)cc1-n1c(C)cc(C(=O)OCC(=O)NC(=O)[C@H]2COc3ccccc3O2)c1C. The fraction of sp³-hybridized carbons (Fsp3) is 0.240. The van der Waals surface area contributed by atoms with E-state index in [4.69, 9.17) is 30.5 Å². The van der Waals surface area contributed by atoms with E-state index in [-0.39, 0.29) is 12.2 Å². The van der Waals surface area contributed by atoms with Crippen molar-refractivity contribution in [3.8, 4) is 22.9 Å². The molecule has 35 heavy (non-hydrogen) atoms. The zero-order valence-electron chi connectivity index (χ0n) is 19.3. The zero-order chi connectivity index (χ0) is 25.1. The molecule has 4 rings (SSSR count). The number of methoxy groups -OCH3 is 1. The normalized spacial score (nSPS) is 14.2. The largest absolute Gasteiger partial charge is 0.495 e. The highest BCUT2D eigenvalue weighted by Gasteiger charge is 2.29. The molecule has 2 aromatic carbocycles. The number of benzene rings is 2. The summed E-state index contributed by atoms with van der Waals surface area (Å²) in [4.78, 5) is 37.3. The number of nitrogens with one attached hydrogen (secondary N) is 1. The number of hydrogen-bond acceptors (Lipinski definition) is 7. The van der Waals surface area contributed by atoms with Gasteiger partial charge in [0.05, 0.1) is 18.4 Å². The van der Waals surface area contributed by atoms with Crippen molar-refractivity contribution in [3.63, 3.8) is 0 Å². The molecule has 0 aliphatic carbocycles. The van der Waals surface area contributed by atoms with Gasteiger partial charge < -0.3 is 23.5 Å². The molecule has 0 fully saturated rings. The first-order valence-corrected chi connectivity index (χ1v) is 11.1. The Hall–Kier alpha value is -3.98. The molecule has 1 atom stereocenters. The Balaban J connectivity index is 1.39. The van der Waals surface area contributed by atoms with Gasteiger partial charge in [0.15, 0.2) is 18.1 Å². The third-order valence-corrected chi connectivity index (χ3v) is 5.67. The van der Waals surface area contributed by atoms with Crippen molar-refractivity contribution in [2.75, 3.05) is 20.3 Å². The molecular weight excluding hydrogens is 476 g/mol. The Labute approximate surface area is 206 Å². The standard InChI is InChI=1S/C25H23ClN2O7/c1-14-10-17(15(2)28(14)18-11-16(26)8-9-19(18)32-3)25(31)34-13-23(29)27-24(30)22-12-33-20-6-4-5-7-21(20)35-22/h4-11,22H,12-13H2,1-3H3,(H,27,29,30)/t22-/m1/s1. The molecule has 1 N–H and O–H groups in total. The quantitative estimate of drug-likeness (QED) is 0.519. The van der Waals surface area contributed by atoms with Crippen molar-refractivity contribution in [3.05, 3.63) is 70.5 Å². The van der Waals surface area contributed by atoms with Gasteiger partial charge >= 0.3 is 5.97 Å². The number of aryl methyl sites for hydroxylation is 1. The zero-order valence-corrected chi connectivity index (χ0v) is 20.0. The number of carbonyl (C=O) groups is 3. The number of rotatable bonds is 6. The average molecular weight is 499 g/mol. The minimum Gasteiger partial charge on any atom is -0.495 e. The van der Waals surface area contributed by atoms with Gasteiger partial charge in [0, 0.05) is 16.4 Å². The average Bonchev–Trinajstić information content (AvgIpc) is 3.15. The van der Waals surface area contributed by atoms with Crippen molar-refractivity contribution >= 4 is 29.4 Å². The summed E-state index contributed by atoms with van der Waals surface area (Å²) >= 11 is 6.16. The van der Waals surface area contributed by atoms with Gasteiger partial charge in [0.25, 0.3) is 11.8 Å². The summed E-state index contributed by atoms with van der Waals surface area (Å²) < 4.78 is 23.4. The number of esters is 1. The highest BCUT2D eigenvalue weighted by atomic mass is 35.5. The second-order valence-corrected chi connectivity index (χ2v) is 8.23. The van der Waals surface area contributed by atoms with E-state index in [1.54, 1.807) is 62.6 Å². The lowest BCUT2D eigenvalue weighted by Crippen LogP contribution is -2.47. The summed E-state index contributed by atoms with van der Waals surface area (Å²) in [7, 11) is 1.54.